The SMILES string of the molecule is COC1(OC)CC(C)(C)[NH+]([O-])C(C)(C)C1O. The van der Waals surface area contributed by atoms with E-state index in [2.05, 4.69) is 0 Å². The quantitative estimate of drug-likeness (QED) is 0.507. The summed E-state index contributed by atoms with van der Waals surface area (Å²) in [5.41, 5.74) is -1.43. The third-order valence-electron chi connectivity index (χ3n) is 3.68. The number of rotatable bonds is 2. The molecule has 1 saturated heterocycles. The zero-order valence-corrected chi connectivity index (χ0v) is 11.0. The third-order valence-corrected chi connectivity index (χ3v) is 3.68. The monoisotopic (exact) mass is 233 g/mol. The first-order valence-corrected chi connectivity index (χ1v) is 5.47. The van der Waals surface area contributed by atoms with E-state index >= 15 is 0 Å². The zero-order chi connectivity index (χ0) is 12.8. The van der Waals surface area contributed by atoms with Crippen LogP contribution in [0.4, 0.5) is 0 Å². The number of aliphatic hydroxyl groups is 1. The lowest BCUT2D eigenvalue weighted by molar-refractivity contribution is -0.964. The van der Waals surface area contributed by atoms with Crippen molar-refractivity contribution in [2.45, 2.75) is 57.1 Å². The summed E-state index contributed by atoms with van der Waals surface area (Å²) < 4.78 is 10.7. The molecule has 1 aliphatic rings. The van der Waals surface area contributed by atoms with Crippen molar-refractivity contribution in [2.24, 2.45) is 0 Å². The van der Waals surface area contributed by atoms with Crippen LogP contribution in [0.2, 0.25) is 0 Å². The topological polar surface area (TPSA) is 66.2 Å². The Hall–Kier alpha value is -0.200. The van der Waals surface area contributed by atoms with Crippen molar-refractivity contribution in [1.82, 2.24) is 0 Å². The van der Waals surface area contributed by atoms with Gasteiger partial charge in [0.2, 0.25) is 5.79 Å². The number of hydrogen-bond acceptors (Lipinski definition) is 4. The summed E-state index contributed by atoms with van der Waals surface area (Å²) in [5.74, 6) is -1.10. The number of quaternary nitrogens is 1. The Morgan fingerprint density at radius 3 is 2.00 bits per heavy atom. The first kappa shape index (κ1) is 13.9. The minimum absolute atomic E-state index is 0.0391. The summed E-state index contributed by atoms with van der Waals surface area (Å²) in [6.07, 6.45) is -0.605. The van der Waals surface area contributed by atoms with Gasteiger partial charge in [0, 0.05) is 14.2 Å². The van der Waals surface area contributed by atoms with Crippen molar-refractivity contribution in [1.29, 1.82) is 0 Å². The van der Waals surface area contributed by atoms with Gasteiger partial charge in [-0.2, -0.15) is 0 Å². The fourth-order valence-corrected chi connectivity index (χ4v) is 2.79. The highest BCUT2D eigenvalue weighted by Gasteiger charge is 2.60. The number of hydrogen-bond donors (Lipinski definition) is 2. The van der Waals surface area contributed by atoms with Gasteiger partial charge < -0.3 is 24.9 Å². The standard InChI is InChI=1S/C11H23NO4/c1-9(2)7-11(15-5,16-6)8(13)10(3,4)12(9)14/h8,12-13H,7H2,1-6H3. The smallest absolute Gasteiger partial charge is 0.206 e. The molecule has 2 atom stereocenters. The van der Waals surface area contributed by atoms with Crippen molar-refractivity contribution >= 4 is 0 Å². The van der Waals surface area contributed by atoms with Crippen LogP contribution in [0.5, 0.6) is 0 Å². The molecule has 0 spiro atoms. The van der Waals surface area contributed by atoms with E-state index in [0.717, 1.165) is 0 Å². The summed E-state index contributed by atoms with van der Waals surface area (Å²) in [6, 6.07) is 0. The molecule has 2 N–H and O–H groups in total. The van der Waals surface area contributed by atoms with Gasteiger partial charge in [0.25, 0.3) is 0 Å². The highest BCUT2D eigenvalue weighted by molar-refractivity contribution is 4.99. The summed E-state index contributed by atoms with van der Waals surface area (Å²) in [5, 5.41) is 22.5. The van der Waals surface area contributed by atoms with Crippen molar-refractivity contribution < 1.29 is 19.6 Å². The summed E-state index contributed by atoms with van der Waals surface area (Å²) in [6.45, 7) is 7.17. The van der Waals surface area contributed by atoms with Crippen LogP contribution in [0.3, 0.4) is 0 Å². The molecule has 0 bridgehead atoms. The first-order chi connectivity index (χ1) is 7.14. The van der Waals surface area contributed by atoms with E-state index < -0.39 is 23.0 Å². The minimum Gasteiger partial charge on any atom is -0.633 e. The van der Waals surface area contributed by atoms with Gasteiger partial charge in [-0.15, -0.1) is 0 Å². The highest BCUT2D eigenvalue weighted by atomic mass is 16.7. The average Bonchev–Trinajstić information content (AvgIpc) is 2.22. The molecule has 0 aromatic carbocycles. The van der Waals surface area contributed by atoms with Gasteiger partial charge in [-0.05, 0) is 27.7 Å². The number of aliphatic hydroxyl groups excluding tert-OH is 1. The van der Waals surface area contributed by atoms with Gasteiger partial charge >= 0.3 is 0 Å². The molecule has 1 fully saturated rings. The zero-order valence-electron chi connectivity index (χ0n) is 11.0. The van der Waals surface area contributed by atoms with Gasteiger partial charge in [-0.1, -0.05) is 0 Å². The summed E-state index contributed by atoms with van der Waals surface area (Å²) in [4.78, 5) is 0. The number of methoxy groups -OCH3 is 2. The van der Waals surface area contributed by atoms with Gasteiger partial charge in [0.05, 0.1) is 12.0 Å². The molecule has 1 heterocycles. The maximum absolute atomic E-state index is 12.2. The Morgan fingerprint density at radius 1 is 1.19 bits per heavy atom. The Labute approximate surface area is 96.9 Å². The number of ether oxygens (including phenoxy) is 2. The van der Waals surface area contributed by atoms with Crippen LogP contribution in [-0.2, 0) is 9.47 Å². The first-order valence-electron chi connectivity index (χ1n) is 5.47. The second-order valence-corrected chi connectivity index (χ2v) is 5.73. The lowest BCUT2D eigenvalue weighted by Gasteiger charge is -2.59. The minimum atomic E-state index is -1.10. The van der Waals surface area contributed by atoms with Crippen molar-refractivity contribution in [3.63, 3.8) is 0 Å². The maximum Gasteiger partial charge on any atom is 0.206 e. The van der Waals surface area contributed by atoms with Gasteiger partial charge in [0.15, 0.2) is 6.10 Å². The fraction of sp³-hybridized carbons (Fsp3) is 1.00. The van der Waals surface area contributed by atoms with Crippen LogP contribution in [0.15, 0.2) is 0 Å². The Bertz CT molecular complexity index is 261. The number of nitrogens with one attached hydrogen (secondary N) is 1. The Morgan fingerprint density at radius 2 is 1.62 bits per heavy atom. The predicted molar refractivity (Wildman–Crippen MR) is 59.9 cm³/mol. The molecule has 0 saturated carbocycles. The predicted octanol–water partition coefficient (Wildman–Crippen LogP) is -0.320. The van der Waals surface area contributed by atoms with E-state index in [1.54, 1.807) is 13.8 Å². The van der Waals surface area contributed by atoms with E-state index in [1.165, 1.54) is 14.2 Å². The number of hydroxylamine groups is 2. The van der Waals surface area contributed by atoms with Crippen LogP contribution < -0.4 is 5.06 Å². The Balaban J connectivity index is 3.19. The maximum atomic E-state index is 12.2. The molecule has 16 heavy (non-hydrogen) atoms. The second kappa shape index (κ2) is 3.92. The molecule has 2 unspecified atom stereocenters. The Kier molecular flexibility index (Phi) is 3.40. The van der Waals surface area contributed by atoms with Crippen LogP contribution >= 0.6 is 0 Å². The van der Waals surface area contributed by atoms with Gasteiger partial charge in [-0.25, -0.2) is 0 Å². The van der Waals surface area contributed by atoms with Crippen molar-refractivity contribution in [3.05, 3.63) is 5.21 Å². The normalized spacial score (nSPS) is 36.0. The molecule has 0 amide bonds. The third kappa shape index (κ3) is 1.76. The largest absolute Gasteiger partial charge is 0.633 e. The second-order valence-electron chi connectivity index (χ2n) is 5.73. The molecular weight excluding hydrogens is 210 g/mol. The van der Waals surface area contributed by atoms with Crippen molar-refractivity contribution in [2.75, 3.05) is 14.2 Å². The molecule has 0 radical (unpaired) electrons. The van der Waals surface area contributed by atoms with E-state index in [4.69, 9.17) is 9.47 Å². The molecule has 5 heteroatoms. The lowest BCUT2D eigenvalue weighted by Crippen LogP contribution is -3.25. The molecule has 1 aliphatic heterocycles. The van der Waals surface area contributed by atoms with E-state index in [9.17, 15) is 10.3 Å². The van der Waals surface area contributed by atoms with Gasteiger partial charge in [0.1, 0.15) is 5.54 Å². The fourth-order valence-electron chi connectivity index (χ4n) is 2.79. The lowest BCUT2D eigenvalue weighted by atomic mass is 9.75. The van der Waals surface area contributed by atoms with Crippen molar-refractivity contribution in [3.8, 4) is 0 Å². The highest BCUT2D eigenvalue weighted by Crippen LogP contribution is 2.35. The van der Waals surface area contributed by atoms with E-state index in [0.29, 0.717) is 6.42 Å². The summed E-state index contributed by atoms with van der Waals surface area (Å²) in [7, 11) is 2.99. The average molecular weight is 233 g/mol. The van der Waals surface area contributed by atoms with Crippen LogP contribution in [0.25, 0.3) is 0 Å². The van der Waals surface area contributed by atoms with Crippen LogP contribution in [0.1, 0.15) is 34.1 Å². The molecule has 0 aromatic heterocycles. The van der Waals surface area contributed by atoms with Crippen LogP contribution in [-0.4, -0.2) is 42.3 Å². The van der Waals surface area contributed by atoms with Gasteiger partial charge in [-0.3, -0.25) is 0 Å². The number of piperidine rings is 1. The molecule has 0 aromatic rings. The molecule has 1 rings (SSSR count). The molecule has 96 valence electrons. The van der Waals surface area contributed by atoms with E-state index in [-0.39, 0.29) is 5.06 Å². The van der Waals surface area contributed by atoms with Crippen LogP contribution in [0, 0.1) is 5.21 Å². The van der Waals surface area contributed by atoms with E-state index in [1.807, 2.05) is 13.8 Å². The molecular formula is C11H23NO4. The summed E-state index contributed by atoms with van der Waals surface area (Å²) >= 11 is 0. The molecule has 5 nitrogen and oxygen atoms in total. The molecule has 0 aliphatic carbocycles.